The fraction of sp³-hybridized carbons (Fsp3) is 0.500. The first-order valence-corrected chi connectivity index (χ1v) is 11.6. The summed E-state index contributed by atoms with van der Waals surface area (Å²) >= 11 is 0. The Morgan fingerprint density at radius 2 is 1.53 bits per heavy atom. The standard InChI is InChI=1S/C20H27N3O6S/c24-19(7-5-17-3-1-14-28-17)21-9-16-30(26,27)23-12-10-22(11-13-23)20(25)8-6-18-4-2-15-29-18/h1-4,14-15H,5-13,16H2,(H,21,24). The van der Waals surface area contributed by atoms with Crippen LogP contribution in [-0.4, -0.2) is 67.9 Å². The maximum atomic E-state index is 12.5. The van der Waals surface area contributed by atoms with Gasteiger partial charge in [0.05, 0.1) is 18.3 Å². The van der Waals surface area contributed by atoms with Crippen molar-refractivity contribution in [1.82, 2.24) is 14.5 Å². The second kappa shape index (κ2) is 10.4. The van der Waals surface area contributed by atoms with Gasteiger partial charge in [-0.1, -0.05) is 0 Å². The first kappa shape index (κ1) is 22.1. The summed E-state index contributed by atoms with van der Waals surface area (Å²) in [6.45, 7) is 1.32. The molecule has 0 unspecified atom stereocenters. The molecule has 0 spiro atoms. The Labute approximate surface area is 176 Å². The van der Waals surface area contributed by atoms with Crippen molar-refractivity contribution in [2.45, 2.75) is 25.7 Å². The van der Waals surface area contributed by atoms with Crippen LogP contribution in [0.25, 0.3) is 0 Å². The zero-order valence-electron chi connectivity index (χ0n) is 16.8. The van der Waals surface area contributed by atoms with Gasteiger partial charge in [-0.2, -0.15) is 4.31 Å². The molecule has 0 aromatic carbocycles. The topological polar surface area (TPSA) is 113 Å². The van der Waals surface area contributed by atoms with Crippen molar-refractivity contribution >= 4 is 21.8 Å². The molecular formula is C20H27N3O6S. The van der Waals surface area contributed by atoms with E-state index < -0.39 is 10.0 Å². The van der Waals surface area contributed by atoms with Gasteiger partial charge in [0.2, 0.25) is 21.8 Å². The lowest BCUT2D eigenvalue weighted by Crippen LogP contribution is -2.51. The van der Waals surface area contributed by atoms with Crippen molar-refractivity contribution in [3.05, 3.63) is 48.3 Å². The van der Waals surface area contributed by atoms with Gasteiger partial charge in [-0.05, 0) is 24.3 Å². The van der Waals surface area contributed by atoms with Gasteiger partial charge < -0.3 is 19.1 Å². The Morgan fingerprint density at radius 1 is 0.933 bits per heavy atom. The van der Waals surface area contributed by atoms with Crippen molar-refractivity contribution in [2.24, 2.45) is 0 Å². The summed E-state index contributed by atoms with van der Waals surface area (Å²) in [7, 11) is -3.49. The molecule has 10 heteroatoms. The summed E-state index contributed by atoms with van der Waals surface area (Å²) in [5, 5.41) is 2.64. The number of amides is 2. The quantitative estimate of drug-likeness (QED) is 0.594. The molecule has 9 nitrogen and oxygen atoms in total. The monoisotopic (exact) mass is 437 g/mol. The van der Waals surface area contributed by atoms with Crippen LogP contribution in [0.3, 0.4) is 0 Å². The van der Waals surface area contributed by atoms with Crippen LogP contribution in [-0.2, 0) is 32.5 Å². The van der Waals surface area contributed by atoms with Gasteiger partial charge in [0.15, 0.2) is 0 Å². The molecule has 0 atom stereocenters. The predicted octanol–water partition coefficient (Wildman–Crippen LogP) is 1.03. The van der Waals surface area contributed by atoms with Crippen molar-refractivity contribution in [2.75, 3.05) is 38.5 Å². The molecule has 0 saturated carbocycles. The zero-order valence-corrected chi connectivity index (χ0v) is 17.6. The smallest absolute Gasteiger partial charge is 0.223 e. The summed E-state index contributed by atoms with van der Waals surface area (Å²) in [4.78, 5) is 25.8. The predicted molar refractivity (Wildman–Crippen MR) is 109 cm³/mol. The van der Waals surface area contributed by atoms with Crippen LogP contribution >= 0.6 is 0 Å². The minimum atomic E-state index is -3.49. The average molecular weight is 438 g/mol. The highest BCUT2D eigenvalue weighted by atomic mass is 32.2. The highest BCUT2D eigenvalue weighted by molar-refractivity contribution is 7.89. The minimum absolute atomic E-state index is 0.00716. The molecule has 3 rings (SSSR count). The van der Waals surface area contributed by atoms with E-state index in [1.54, 1.807) is 35.6 Å². The van der Waals surface area contributed by atoms with Gasteiger partial charge in [-0.25, -0.2) is 8.42 Å². The molecule has 2 amide bonds. The number of aryl methyl sites for hydroxylation is 2. The van der Waals surface area contributed by atoms with Gasteiger partial charge in [0.1, 0.15) is 11.5 Å². The van der Waals surface area contributed by atoms with Crippen LogP contribution in [0.15, 0.2) is 45.6 Å². The Bertz CT molecular complexity index is 901. The Morgan fingerprint density at radius 3 is 2.10 bits per heavy atom. The Kier molecular flexibility index (Phi) is 7.69. The minimum Gasteiger partial charge on any atom is -0.469 e. The number of furan rings is 2. The Hall–Kier alpha value is -2.59. The molecule has 1 saturated heterocycles. The first-order chi connectivity index (χ1) is 14.4. The molecule has 0 bridgehead atoms. The second-order valence-corrected chi connectivity index (χ2v) is 9.19. The summed E-state index contributed by atoms with van der Waals surface area (Å²) in [6.07, 6.45) is 4.71. The summed E-state index contributed by atoms with van der Waals surface area (Å²) in [5.74, 6) is 1.09. The number of nitrogens with zero attached hydrogens (tertiary/aromatic N) is 2. The summed E-state index contributed by atoms with van der Waals surface area (Å²) < 4.78 is 36.8. The largest absolute Gasteiger partial charge is 0.469 e. The van der Waals surface area contributed by atoms with Gasteiger partial charge >= 0.3 is 0 Å². The van der Waals surface area contributed by atoms with Crippen molar-refractivity contribution < 1.29 is 26.8 Å². The van der Waals surface area contributed by atoms with Crippen molar-refractivity contribution in [1.29, 1.82) is 0 Å². The molecule has 164 valence electrons. The van der Waals surface area contributed by atoms with E-state index in [4.69, 9.17) is 8.83 Å². The van der Waals surface area contributed by atoms with Gasteiger partial charge in [-0.15, -0.1) is 0 Å². The molecule has 1 aliphatic rings. The van der Waals surface area contributed by atoms with Crippen LogP contribution in [0.5, 0.6) is 0 Å². The first-order valence-electron chi connectivity index (χ1n) is 10.0. The number of hydrogen-bond donors (Lipinski definition) is 1. The molecule has 1 fully saturated rings. The van der Waals surface area contributed by atoms with E-state index in [2.05, 4.69) is 5.32 Å². The number of carbonyl (C=O) groups is 2. The molecule has 1 aliphatic heterocycles. The van der Waals surface area contributed by atoms with Gasteiger partial charge in [-0.3, -0.25) is 9.59 Å². The number of nitrogens with one attached hydrogen (secondary N) is 1. The van der Waals surface area contributed by atoms with Crippen molar-refractivity contribution in [3.8, 4) is 0 Å². The maximum Gasteiger partial charge on any atom is 0.223 e. The van der Waals surface area contributed by atoms with Crippen LogP contribution in [0.2, 0.25) is 0 Å². The number of rotatable bonds is 10. The molecule has 0 aliphatic carbocycles. The summed E-state index contributed by atoms with van der Waals surface area (Å²) in [5.41, 5.74) is 0. The fourth-order valence-corrected chi connectivity index (χ4v) is 4.63. The number of hydrogen-bond acceptors (Lipinski definition) is 6. The lowest BCUT2D eigenvalue weighted by Gasteiger charge is -2.34. The second-order valence-electron chi connectivity index (χ2n) is 7.10. The zero-order chi connectivity index (χ0) is 21.4. The van der Waals surface area contributed by atoms with E-state index in [0.717, 1.165) is 5.76 Å². The number of piperazine rings is 1. The van der Waals surface area contributed by atoms with Crippen LogP contribution < -0.4 is 5.32 Å². The van der Waals surface area contributed by atoms with Crippen molar-refractivity contribution in [3.63, 3.8) is 0 Å². The summed E-state index contributed by atoms with van der Waals surface area (Å²) in [6, 6.07) is 7.16. The fourth-order valence-electron chi connectivity index (χ4n) is 3.29. The lowest BCUT2D eigenvalue weighted by molar-refractivity contribution is -0.132. The van der Waals surface area contributed by atoms with E-state index in [1.807, 2.05) is 6.07 Å². The maximum absolute atomic E-state index is 12.5. The lowest BCUT2D eigenvalue weighted by atomic mass is 10.2. The molecule has 1 N–H and O–H groups in total. The SMILES string of the molecule is O=C(CCc1ccco1)NCCS(=O)(=O)N1CCN(C(=O)CCc2ccco2)CC1. The molecular weight excluding hydrogens is 410 g/mol. The van der Waals surface area contributed by atoms with E-state index in [-0.39, 0.29) is 43.6 Å². The van der Waals surface area contributed by atoms with Gasteiger partial charge in [0, 0.05) is 58.4 Å². The molecule has 30 heavy (non-hydrogen) atoms. The third-order valence-electron chi connectivity index (χ3n) is 5.01. The van der Waals surface area contributed by atoms with E-state index in [0.29, 0.717) is 38.1 Å². The number of carbonyl (C=O) groups excluding carboxylic acids is 2. The Balaban J connectivity index is 1.34. The van der Waals surface area contributed by atoms with Crippen LogP contribution in [0.1, 0.15) is 24.4 Å². The van der Waals surface area contributed by atoms with E-state index in [1.165, 1.54) is 4.31 Å². The third-order valence-corrected chi connectivity index (χ3v) is 6.88. The highest BCUT2D eigenvalue weighted by Crippen LogP contribution is 2.11. The molecule has 3 heterocycles. The van der Waals surface area contributed by atoms with Crippen LogP contribution in [0, 0.1) is 0 Å². The highest BCUT2D eigenvalue weighted by Gasteiger charge is 2.28. The van der Waals surface area contributed by atoms with Gasteiger partial charge in [0.25, 0.3) is 0 Å². The normalized spacial score (nSPS) is 15.3. The third kappa shape index (κ3) is 6.46. The van der Waals surface area contributed by atoms with E-state index in [9.17, 15) is 18.0 Å². The van der Waals surface area contributed by atoms with Crippen LogP contribution in [0.4, 0.5) is 0 Å². The average Bonchev–Trinajstić information content (AvgIpc) is 3.44. The molecule has 2 aromatic heterocycles. The number of sulfonamides is 1. The van der Waals surface area contributed by atoms with E-state index >= 15 is 0 Å². The molecule has 2 aromatic rings. The molecule has 0 radical (unpaired) electrons.